The minimum Gasteiger partial charge on any atom is -0.490 e. The summed E-state index contributed by atoms with van der Waals surface area (Å²) in [4.78, 5) is 10.8. The van der Waals surface area contributed by atoms with E-state index in [1.165, 1.54) is 6.07 Å². The van der Waals surface area contributed by atoms with Gasteiger partial charge in [0, 0.05) is 6.42 Å². The highest BCUT2D eigenvalue weighted by atomic mass is 19.1. The summed E-state index contributed by atoms with van der Waals surface area (Å²) in [6, 6.07) is 10.5. The van der Waals surface area contributed by atoms with E-state index >= 15 is 0 Å². The van der Waals surface area contributed by atoms with E-state index in [1.54, 1.807) is 12.1 Å². The number of rotatable bonds is 2. The second-order valence-electron chi connectivity index (χ2n) is 4.81. The fraction of sp³-hybridized carbons (Fsp3) is 0.188. The minimum absolute atomic E-state index is 0.0858. The van der Waals surface area contributed by atoms with Crippen molar-refractivity contribution in [2.45, 2.75) is 19.4 Å². The van der Waals surface area contributed by atoms with E-state index in [0.717, 1.165) is 28.9 Å². The average molecular weight is 256 g/mol. The largest absolute Gasteiger partial charge is 0.490 e. The second kappa shape index (κ2) is 4.50. The van der Waals surface area contributed by atoms with Gasteiger partial charge in [-0.05, 0) is 47.9 Å². The van der Waals surface area contributed by atoms with Crippen LogP contribution in [0.25, 0.3) is 11.1 Å². The van der Waals surface area contributed by atoms with Gasteiger partial charge in [-0.3, -0.25) is 4.79 Å². The molecule has 96 valence electrons. The van der Waals surface area contributed by atoms with Crippen LogP contribution < -0.4 is 4.74 Å². The van der Waals surface area contributed by atoms with Crippen molar-refractivity contribution in [2.75, 3.05) is 0 Å². The lowest BCUT2D eigenvalue weighted by Gasteiger charge is -2.06. The minimum atomic E-state index is -0.489. The maximum absolute atomic E-state index is 13.3. The third-order valence-electron chi connectivity index (χ3n) is 3.35. The highest BCUT2D eigenvalue weighted by Gasteiger charge is 2.19. The number of benzene rings is 2. The van der Waals surface area contributed by atoms with Crippen molar-refractivity contribution < 1.29 is 13.9 Å². The van der Waals surface area contributed by atoms with E-state index in [4.69, 9.17) is 4.74 Å². The molecular weight excluding hydrogens is 243 g/mol. The van der Waals surface area contributed by atoms with Crippen molar-refractivity contribution in [3.05, 3.63) is 53.3 Å². The van der Waals surface area contributed by atoms with Crippen LogP contribution in [0.2, 0.25) is 0 Å². The highest BCUT2D eigenvalue weighted by molar-refractivity contribution is 5.79. The number of hydrogen-bond donors (Lipinski definition) is 0. The van der Waals surface area contributed by atoms with E-state index in [2.05, 4.69) is 0 Å². The molecule has 2 aromatic carbocycles. The Bertz CT molecular complexity index is 649. The van der Waals surface area contributed by atoms with Crippen LogP contribution >= 0.6 is 0 Å². The summed E-state index contributed by atoms with van der Waals surface area (Å²) >= 11 is 0. The number of carbonyl (C=O) groups excluding carboxylic acids is 1. The smallest absolute Gasteiger partial charge is 0.153 e. The quantitative estimate of drug-likeness (QED) is 0.767. The van der Waals surface area contributed by atoms with Gasteiger partial charge in [0.25, 0.3) is 0 Å². The normalized spacial score (nSPS) is 16.8. The molecule has 0 saturated heterocycles. The van der Waals surface area contributed by atoms with E-state index in [9.17, 15) is 9.18 Å². The molecule has 1 aliphatic heterocycles. The molecule has 2 nitrogen and oxygen atoms in total. The first-order valence-electron chi connectivity index (χ1n) is 6.22. The van der Waals surface area contributed by atoms with Crippen molar-refractivity contribution in [1.82, 2.24) is 0 Å². The van der Waals surface area contributed by atoms with Crippen molar-refractivity contribution in [3.63, 3.8) is 0 Å². The van der Waals surface area contributed by atoms with Gasteiger partial charge >= 0.3 is 0 Å². The number of ether oxygens (including phenoxy) is 1. The summed E-state index contributed by atoms with van der Waals surface area (Å²) in [6.45, 7) is 2.03. The van der Waals surface area contributed by atoms with Crippen LogP contribution in [0.15, 0.2) is 36.4 Å². The first-order valence-corrected chi connectivity index (χ1v) is 6.22. The number of fused-ring (bicyclic) bond motifs is 1. The van der Waals surface area contributed by atoms with Gasteiger partial charge in [-0.15, -0.1) is 0 Å². The zero-order valence-corrected chi connectivity index (χ0v) is 10.5. The first kappa shape index (κ1) is 11.9. The summed E-state index contributed by atoms with van der Waals surface area (Å²) in [5.41, 5.74) is 3.05. The zero-order chi connectivity index (χ0) is 13.4. The standard InChI is InChI=1S/C16H13FO2/c1-10-6-13-7-12(3-5-16(13)19-10)11-2-4-15(17)14(8-11)9-18/h2-5,7-10H,6H2,1H3. The molecule has 1 heterocycles. The Morgan fingerprint density at radius 1 is 1.21 bits per heavy atom. The molecule has 19 heavy (non-hydrogen) atoms. The van der Waals surface area contributed by atoms with Gasteiger partial charge in [-0.25, -0.2) is 4.39 Å². The predicted octanol–water partition coefficient (Wildman–Crippen LogP) is 3.63. The molecule has 0 bridgehead atoms. The van der Waals surface area contributed by atoms with E-state index in [-0.39, 0.29) is 11.7 Å². The van der Waals surface area contributed by atoms with Gasteiger partial charge in [0.1, 0.15) is 17.7 Å². The Balaban J connectivity index is 2.04. The maximum Gasteiger partial charge on any atom is 0.153 e. The monoisotopic (exact) mass is 256 g/mol. The SMILES string of the molecule is CC1Cc2cc(-c3ccc(F)c(C=O)c3)ccc2O1. The van der Waals surface area contributed by atoms with Crippen molar-refractivity contribution >= 4 is 6.29 Å². The van der Waals surface area contributed by atoms with Gasteiger partial charge in [-0.2, -0.15) is 0 Å². The molecule has 1 atom stereocenters. The predicted molar refractivity (Wildman–Crippen MR) is 71.0 cm³/mol. The molecule has 1 aliphatic rings. The molecule has 0 amide bonds. The first-order chi connectivity index (χ1) is 9.17. The summed E-state index contributed by atoms with van der Waals surface area (Å²) in [5, 5.41) is 0. The molecule has 0 spiro atoms. The summed E-state index contributed by atoms with van der Waals surface area (Å²) in [6.07, 6.45) is 1.62. The topological polar surface area (TPSA) is 26.3 Å². The molecule has 0 radical (unpaired) electrons. The fourth-order valence-electron chi connectivity index (χ4n) is 2.42. The summed E-state index contributed by atoms with van der Waals surface area (Å²) in [7, 11) is 0. The Kier molecular flexibility index (Phi) is 2.82. The molecule has 3 rings (SSSR count). The van der Waals surface area contributed by atoms with Gasteiger partial charge < -0.3 is 4.74 Å². The summed E-state index contributed by atoms with van der Waals surface area (Å²) in [5.74, 6) is 0.422. The van der Waals surface area contributed by atoms with Crippen LogP contribution in [0.5, 0.6) is 5.75 Å². The molecule has 0 saturated carbocycles. The lowest BCUT2D eigenvalue weighted by molar-refractivity contribution is 0.112. The van der Waals surface area contributed by atoms with Gasteiger partial charge in [-0.1, -0.05) is 12.1 Å². The van der Waals surface area contributed by atoms with E-state index < -0.39 is 5.82 Å². The Hall–Kier alpha value is -2.16. The van der Waals surface area contributed by atoms with Crippen molar-refractivity contribution in [3.8, 4) is 16.9 Å². The van der Waals surface area contributed by atoms with Crippen molar-refractivity contribution in [1.29, 1.82) is 0 Å². The number of aldehydes is 1. The third-order valence-corrected chi connectivity index (χ3v) is 3.35. The maximum atomic E-state index is 13.3. The Morgan fingerprint density at radius 2 is 1.95 bits per heavy atom. The number of hydrogen-bond acceptors (Lipinski definition) is 2. The lowest BCUT2D eigenvalue weighted by Crippen LogP contribution is -2.05. The van der Waals surface area contributed by atoms with Crippen LogP contribution in [0.3, 0.4) is 0 Å². The fourth-order valence-corrected chi connectivity index (χ4v) is 2.42. The Morgan fingerprint density at radius 3 is 2.74 bits per heavy atom. The third kappa shape index (κ3) is 2.12. The van der Waals surface area contributed by atoms with Crippen LogP contribution in [0.4, 0.5) is 4.39 Å². The molecule has 0 aromatic heterocycles. The molecule has 1 unspecified atom stereocenters. The van der Waals surface area contributed by atoms with E-state index in [0.29, 0.717) is 6.29 Å². The van der Waals surface area contributed by atoms with Gasteiger partial charge in [0.15, 0.2) is 6.29 Å². The molecule has 0 N–H and O–H groups in total. The lowest BCUT2D eigenvalue weighted by atomic mass is 9.99. The summed E-state index contributed by atoms with van der Waals surface area (Å²) < 4.78 is 19.0. The Labute approximate surface area is 110 Å². The molecular formula is C16H13FO2. The van der Waals surface area contributed by atoms with Crippen LogP contribution in [-0.4, -0.2) is 12.4 Å². The number of halogens is 1. The molecule has 0 fully saturated rings. The van der Waals surface area contributed by atoms with E-state index in [1.807, 2.05) is 25.1 Å². The molecule has 2 aromatic rings. The molecule has 0 aliphatic carbocycles. The highest BCUT2D eigenvalue weighted by Crippen LogP contribution is 2.33. The average Bonchev–Trinajstić information content (AvgIpc) is 2.78. The van der Waals surface area contributed by atoms with Crippen LogP contribution in [-0.2, 0) is 6.42 Å². The molecule has 3 heteroatoms. The van der Waals surface area contributed by atoms with Gasteiger partial charge in [0.2, 0.25) is 0 Å². The zero-order valence-electron chi connectivity index (χ0n) is 10.5. The van der Waals surface area contributed by atoms with Crippen LogP contribution in [0, 0.1) is 5.82 Å². The van der Waals surface area contributed by atoms with Crippen LogP contribution in [0.1, 0.15) is 22.8 Å². The van der Waals surface area contributed by atoms with Gasteiger partial charge in [0.05, 0.1) is 5.56 Å². The van der Waals surface area contributed by atoms with Crippen molar-refractivity contribution in [2.24, 2.45) is 0 Å². The number of carbonyl (C=O) groups is 1. The second-order valence-corrected chi connectivity index (χ2v) is 4.81.